The van der Waals surface area contributed by atoms with Gasteiger partial charge in [-0.15, -0.1) is 0 Å². The number of benzene rings is 7. The van der Waals surface area contributed by atoms with Crippen molar-refractivity contribution in [2.45, 2.75) is 0 Å². The van der Waals surface area contributed by atoms with E-state index in [1.807, 2.05) is 24.4 Å². The van der Waals surface area contributed by atoms with Crippen LogP contribution in [-0.4, -0.2) is 19.9 Å². The van der Waals surface area contributed by atoms with Gasteiger partial charge in [0.25, 0.3) is 0 Å². The van der Waals surface area contributed by atoms with Gasteiger partial charge in [-0.2, -0.15) is 0 Å². The van der Waals surface area contributed by atoms with Crippen LogP contribution in [0.4, 0.5) is 0 Å². The van der Waals surface area contributed by atoms with E-state index in [1.165, 1.54) is 26.9 Å². The van der Waals surface area contributed by atoms with Gasteiger partial charge in [-0.25, -0.2) is 15.0 Å². The van der Waals surface area contributed by atoms with Gasteiger partial charge in [0.05, 0.1) is 0 Å². The van der Waals surface area contributed by atoms with Crippen LogP contribution >= 0.6 is 0 Å². The van der Waals surface area contributed by atoms with E-state index in [4.69, 9.17) is 19.4 Å². The maximum absolute atomic E-state index is 6.23. The quantitative estimate of drug-likeness (QED) is 0.189. The molecule has 0 atom stereocenters. The molecular weight excluding hydrogens is 576 g/mol. The second-order valence-electron chi connectivity index (χ2n) is 11.9. The third-order valence-electron chi connectivity index (χ3n) is 9.19. The van der Waals surface area contributed by atoms with Gasteiger partial charge in [0.15, 0.2) is 17.5 Å². The monoisotopic (exact) mass is 600 g/mol. The summed E-state index contributed by atoms with van der Waals surface area (Å²) in [6.45, 7) is 0. The van der Waals surface area contributed by atoms with Crippen molar-refractivity contribution in [1.82, 2.24) is 19.9 Å². The molecule has 10 rings (SSSR count). The maximum Gasteiger partial charge on any atom is 0.164 e. The Labute approximate surface area is 268 Å². The standard InChI is InChI=1S/C42H24N4O/c1-2-10-27-22-28(17-16-25(27)8-1)40-44-41(33-14-7-15-38-39(33)36-24-43-21-20-37(36)47-38)46-42(45-40)35-23-34-29-11-4-3-9-26(29)18-19-32(34)30-12-5-6-13-31(30)35/h1-24H. The van der Waals surface area contributed by atoms with Crippen molar-refractivity contribution in [3.63, 3.8) is 0 Å². The molecule has 0 spiro atoms. The first-order valence-corrected chi connectivity index (χ1v) is 15.6. The highest BCUT2D eigenvalue weighted by atomic mass is 16.3. The van der Waals surface area contributed by atoms with Crippen LogP contribution in [0.2, 0.25) is 0 Å². The van der Waals surface area contributed by atoms with Crippen molar-refractivity contribution < 1.29 is 4.42 Å². The van der Waals surface area contributed by atoms with E-state index < -0.39 is 0 Å². The fourth-order valence-corrected chi connectivity index (χ4v) is 6.98. The van der Waals surface area contributed by atoms with E-state index in [0.29, 0.717) is 17.5 Å². The van der Waals surface area contributed by atoms with E-state index >= 15 is 0 Å². The molecule has 0 aliphatic carbocycles. The lowest BCUT2D eigenvalue weighted by molar-refractivity contribution is 0.668. The van der Waals surface area contributed by atoms with Crippen LogP contribution in [0.5, 0.6) is 0 Å². The molecule has 0 N–H and O–H groups in total. The summed E-state index contributed by atoms with van der Waals surface area (Å²) in [5.41, 5.74) is 4.30. The summed E-state index contributed by atoms with van der Waals surface area (Å²) in [6, 6.07) is 46.4. The molecule has 0 bridgehead atoms. The van der Waals surface area contributed by atoms with Crippen LogP contribution in [0.3, 0.4) is 0 Å². The molecule has 47 heavy (non-hydrogen) atoms. The first-order chi connectivity index (χ1) is 23.3. The van der Waals surface area contributed by atoms with Crippen molar-refractivity contribution in [3.05, 3.63) is 146 Å². The number of aromatic nitrogens is 4. The molecule has 0 aliphatic heterocycles. The second-order valence-corrected chi connectivity index (χ2v) is 11.9. The molecule has 3 aromatic heterocycles. The lowest BCUT2D eigenvalue weighted by Crippen LogP contribution is -2.01. The van der Waals surface area contributed by atoms with Crippen LogP contribution in [0.15, 0.2) is 150 Å². The summed E-state index contributed by atoms with van der Waals surface area (Å²) in [6.07, 6.45) is 3.59. The average Bonchev–Trinajstić information content (AvgIpc) is 3.53. The van der Waals surface area contributed by atoms with Crippen LogP contribution in [0.25, 0.3) is 99.2 Å². The van der Waals surface area contributed by atoms with Crippen LogP contribution in [0, 0.1) is 0 Å². The Morgan fingerprint density at radius 1 is 0.404 bits per heavy atom. The van der Waals surface area contributed by atoms with Gasteiger partial charge in [-0.3, -0.25) is 4.98 Å². The van der Waals surface area contributed by atoms with Crippen LogP contribution in [0.1, 0.15) is 0 Å². The highest BCUT2D eigenvalue weighted by Gasteiger charge is 2.20. The summed E-state index contributed by atoms with van der Waals surface area (Å²) in [5.74, 6) is 1.81. The molecule has 0 fully saturated rings. The first kappa shape index (κ1) is 25.8. The van der Waals surface area contributed by atoms with Crippen molar-refractivity contribution in [3.8, 4) is 34.2 Å². The molecule has 0 saturated heterocycles. The number of furan rings is 1. The Bertz CT molecular complexity index is 2870. The van der Waals surface area contributed by atoms with E-state index in [9.17, 15) is 0 Å². The Morgan fingerprint density at radius 2 is 1.11 bits per heavy atom. The summed E-state index contributed by atoms with van der Waals surface area (Å²) >= 11 is 0. The Hall–Kier alpha value is -6.46. The van der Waals surface area contributed by atoms with Gasteiger partial charge in [0.2, 0.25) is 0 Å². The third-order valence-corrected chi connectivity index (χ3v) is 9.19. The lowest BCUT2D eigenvalue weighted by Gasteiger charge is -2.14. The zero-order valence-electron chi connectivity index (χ0n) is 25.1. The molecule has 218 valence electrons. The zero-order valence-corrected chi connectivity index (χ0v) is 25.1. The lowest BCUT2D eigenvalue weighted by atomic mass is 9.93. The minimum absolute atomic E-state index is 0.581. The topological polar surface area (TPSA) is 64.7 Å². The molecular formula is C42H24N4O. The molecule has 7 aromatic carbocycles. The number of nitrogens with zero attached hydrogens (tertiary/aromatic N) is 4. The predicted octanol–water partition coefficient (Wildman–Crippen LogP) is 10.8. The minimum Gasteiger partial charge on any atom is -0.456 e. The molecule has 5 nitrogen and oxygen atoms in total. The smallest absolute Gasteiger partial charge is 0.164 e. The van der Waals surface area contributed by atoms with Gasteiger partial charge in [-0.05, 0) is 67.4 Å². The van der Waals surface area contributed by atoms with Crippen molar-refractivity contribution in [2.75, 3.05) is 0 Å². The molecule has 0 aliphatic rings. The molecule has 3 heterocycles. The Morgan fingerprint density at radius 3 is 2.00 bits per heavy atom. The molecule has 5 heteroatoms. The van der Waals surface area contributed by atoms with E-state index in [1.54, 1.807) is 6.20 Å². The SMILES string of the molecule is c1ccc2cc(-c3nc(-c4cc5c6ccccc6ccc5c5ccccc45)nc(-c4cccc5oc6ccncc6c45)n3)ccc2c1. The summed E-state index contributed by atoms with van der Waals surface area (Å²) < 4.78 is 6.23. The highest BCUT2D eigenvalue weighted by Crippen LogP contribution is 2.40. The van der Waals surface area contributed by atoms with E-state index in [0.717, 1.165) is 54.8 Å². The van der Waals surface area contributed by atoms with Crippen molar-refractivity contribution in [1.29, 1.82) is 0 Å². The molecule has 10 aromatic rings. The van der Waals surface area contributed by atoms with Crippen LogP contribution in [-0.2, 0) is 0 Å². The number of hydrogen-bond donors (Lipinski definition) is 0. The Kier molecular flexibility index (Phi) is 5.51. The summed E-state index contributed by atoms with van der Waals surface area (Å²) in [4.78, 5) is 20.0. The molecule has 0 amide bonds. The largest absolute Gasteiger partial charge is 0.456 e. The summed E-state index contributed by atoms with van der Waals surface area (Å²) in [5, 5.41) is 11.2. The number of hydrogen-bond acceptors (Lipinski definition) is 5. The zero-order chi connectivity index (χ0) is 30.9. The van der Waals surface area contributed by atoms with Gasteiger partial charge < -0.3 is 4.42 Å². The van der Waals surface area contributed by atoms with Gasteiger partial charge in [-0.1, -0.05) is 109 Å². The molecule has 0 radical (unpaired) electrons. The number of pyridine rings is 1. The van der Waals surface area contributed by atoms with E-state index in [2.05, 4.69) is 120 Å². The fraction of sp³-hybridized carbons (Fsp3) is 0. The summed E-state index contributed by atoms with van der Waals surface area (Å²) in [7, 11) is 0. The maximum atomic E-state index is 6.23. The Balaban J connectivity index is 1.31. The predicted molar refractivity (Wildman–Crippen MR) is 191 cm³/mol. The van der Waals surface area contributed by atoms with Gasteiger partial charge in [0.1, 0.15) is 11.2 Å². The average molecular weight is 601 g/mol. The molecule has 0 unspecified atom stereocenters. The van der Waals surface area contributed by atoms with Crippen molar-refractivity contribution >= 4 is 65.0 Å². The fourth-order valence-electron chi connectivity index (χ4n) is 6.98. The van der Waals surface area contributed by atoms with Gasteiger partial charge >= 0.3 is 0 Å². The second kappa shape index (κ2) is 10.0. The van der Waals surface area contributed by atoms with Crippen LogP contribution < -0.4 is 0 Å². The normalized spacial score (nSPS) is 11.8. The highest BCUT2D eigenvalue weighted by molar-refractivity contribution is 6.20. The number of fused-ring (bicyclic) bond motifs is 9. The minimum atomic E-state index is 0.581. The molecule has 0 saturated carbocycles. The van der Waals surface area contributed by atoms with E-state index in [-0.39, 0.29) is 0 Å². The number of rotatable bonds is 3. The van der Waals surface area contributed by atoms with Gasteiger partial charge in [0, 0.05) is 39.9 Å². The van der Waals surface area contributed by atoms with Crippen molar-refractivity contribution in [2.24, 2.45) is 0 Å². The third kappa shape index (κ3) is 4.03. The first-order valence-electron chi connectivity index (χ1n) is 15.6.